The van der Waals surface area contributed by atoms with Gasteiger partial charge >= 0.3 is 12.1 Å². The monoisotopic (exact) mass is 331 g/mol. The Bertz CT molecular complexity index is 704. The first-order valence-electron chi connectivity index (χ1n) is 5.90. The van der Waals surface area contributed by atoms with E-state index in [1.165, 1.54) is 18.2 Å². The van der Waals surface area contributed by atoms with Crippen molar-refractivity contribution < 1.29 is 27.4 Å². The van der Waals surface area contributed by atoms with Gasteiger partial charge in [0.1, 0.15) is 16.5 Å². The summed E-state index contributed by atoms with van der Waals surface area (Å²) >= 11 is 5.68. The molecule has 0 radical (unpaired) electrons. The molecule has 0 bridgehead atoms. The highest BCUT2D eigenvalue weighted by atomic mass is 35.5. The molecule has 0 aliphatic carbocycles. The molecule has 1 aromatic heterocycles. The number of benzene rings is 1. The Balaban J connectivity index is 2.37. The summed E-state index contributed by atoms with van der Waals surface area (Å²) in [5.41, 5.74) is -0.911. The van der Waals surface area contributed by atoms with Crippen molar-refractivity contribution in [1.82, 2.24) is 4.98 Å². The number of halogens is 4. The first-order valence-corrected chi connectivity index (χ1v) is 6.28. The normalized spacial score (nSPS) is 11.1. The van der Waals surface area contributed by atoms with Crippen molar-refractivity contribution in [3.63, 3.8) is 0 Å². The number of pyridine rings is 1. The summed E-state index contributed by atoms with van der Waals surface area (Å²) in [6, 6.07) is 5.45. The number of aromatic nitrogens is 1. The lowest BCUT2D eigenvalue weighted by Crippen LogP contribution is -2.06. The lowest BCUT2D eigenvalue weighted by atomic mass is 10.2. The van der Waals surface area contributed by atoms with Crippen molar-refractivity contribution in [2.45, 2.75) is 6.18 Å². The number of hydrogen-bond acceptors (Lipinski definition) is 4. The molecule has 0 amide bonds. The van der Waals surface area contributed by atoms with E-state index in [1.54, 1.807) is 0 Å². The van der Waals surface area contributed by atoms with Crippen LogP contribution in [0.2, 0.25) is 5.15 Å². The van der Waals surface area contributed by atoms with Gasteiger partial charge in [-0.3, -0.25) is 0 Å². The Hall–Kier alpha value is -2.28. The van der Waals surface area contributed by atoms with Crippen LogP contribution in [0.15, 0.2) is 36.5 Å². The summed E-state index contributed by atoms with van der Waals surface area (Å²) in [5.74, 6) is -0.897. The highest BCUT2D eigenvalue weighted by Gasteiger charge is 2.30. The van der Waals surface area contributed by atoms with E-state index in [0.29, 0.717) is 0 Å². The van der Waals surface area contributed by atoms with Gasteiger partial charge in [0.15, 0.2) is 5.75 Å². The molecule has 0 aliphatic rings. The van der Waals surface area contributed by atoms with E-state index in [1.807, 2.05) is 0 Å². The number of nitrogens with zero attached hydrogens (tertiary/aromatic N) is 1. The summed E-state index contributed by atoms with van der Waals surface area (Å²) in [5, 5.41) is 0.0248. The third kappa shape index (κ3) is 3.67. The maximum atomic E-state index is 12.7. The van der Waals surface area contributed by atoms with Crippen LogP contribution < -0.4 is 4.74 Å². The van der Waals surface area contributed by atoms with Crippen molar-refractivity contribution in [2.75, 3.05) is 7.11 Å². The number of methoxy groups -OCH3 is 1. The first kappa shape index (κ1) is 16.1. The topological polar surface area (TPSA) is 48.4 Å². The number of alkyl halides is 3. The molecule has 0 unspecified atom stereocenters. The predicted molar refractivity (Wildman–Crippen MR) is 72.1 cm³/mol. The Labute approximate surface area is 128 Å². The molecule has 4 nitrogen and oxygen atoms in total. The molecule has 2 aromatic rings. The molecule has 0 fully saturated rings. The molecule has 0 aliphatic heterocycles. The molecule has 0 spiro atoms. The maximum Gasteiger partial charge on any atom is 0.416 e. The van der Waals surface area contributed by atoms with Gasteiger partial charge in [0.25, 0.3) is 0 Å². The van der Waals surface area contributed by atoms with E-state index in [-0.39, 0.29) is 22.2 Å². The number of carbonyl (C=O) groups excluding carboxylic acids is 1. The Kier molecular flexibility index (Phi) is 4.56. The van der Waals surface area contributed by atoms with Crippen LogP contribution in [0.3, 0.4) is 0 Å². The lowest BCUT2D eigenvalue weighted by Gasteiger charge is -2.12. The first-order chi connectivity index (χ1) is 10.3. The highest BCUT2D eigenvalue weighted by molar-refractivity contribution is 6.29. The fourth-order valence-corrected chi connectivity index (χ4v) is 1.79. The minimum absolute atomic E-state index is 0.0248. The van der Waals surface area contributed by atoms with Crippen LogP contribution >= 0.6 is 11.6 Å². The Morgan fingerprint density at radius 2 is 2.00 bits per heavy atom. The van der Waals surface area contributed by atoms with E-state index in [9.17, 15) is 18.0 Å². The summed E-state index contributed by atoms with van der Waals surface area (Å²) in [4.78, 5) is 15.4. The van der Waals surface area contributed by atoms with Crippen molar-refractivity contribution in [3.8, 4) is 11.5 Å². The third-order valence-electron chi connectivity index (χ3n) is 2.63. The van der Waals surface area contributed by atoms with Crippen LogP contribution in [0.25, 0.3) is 0 Å². The van der Waals surface area contributed by atoms with Gasteiger partial charge < -0.3 is 9.47 Å². The molecule has 1 heterocycles. The van der Waals surface area contributed by atoms with Crippen molar-refractivity contribution >= 4 is 17.6 Å². The molecule has 2 rings (SSSR count). The maximum absolute atomic E-state index is 12.7. The molecule has 1 aromatic carbocycles. The predicted octanol–water partition coefficient (Wildman–Crippen LogP) is 4.33. The second-order valence-corrected chi connectivity index (χ2v) is 4.51. The molecule has 8 heteroatoms. The molecular weight excluding hydrogens is 323 g/mol. The number of ether oxygens (including phenoxy) is 2. The third-order valence-corrected chi connectivity index (χ3v) is 2.84. The SMILES string of the molecule is COC(=O)c1cc(Cl)ncc1Oc1cccc(C(F)(F)F)c1. The molecule has 0 saturated carbocycles. The van der Waals surface area contributed by atoms with E-state index in [4.69, 9.17) is 16.3 Å². The quantitative estimate of drug-likeness (QED) is 0.620. The van der Waals surface area contributed by atoms with Gasteiger partial charge in [0, 0.05) is 0 Å². The van der Waals surface area contributed by atoms with Crippen LogP contribution in [0, 0.1) is 0 Å². The lowest BCUT2D eigenvalue weighted by molar-refractivity contribution is -0.137. The average Bonchev–Trinajstić information content (AvgIpc) is 2.47. The number of carbonyl (C=O) groups is 1. The zero-order valence-corrected chi connectivity index (χ0v) is 11.9. The zero-order valence-electron chi connectivity index (χ0n) is 11.1. The van der Waals surface area contributed by atoms with Gasteiger partial charge in [-0.15, -0.1) is 0 Å². The Morgan fingerprint density at radius 3 is 2.64 bits per heavy atom. The second kappa shape index (κ2) is 6.23. The minimum Gasteiger partial charge on any atom is -0.465 e. The van der Waals surface area contributed by atoms with E-state index >= 15 is 0 Å². The minimum atomic E-state index is -4.50. The van der Waals surface area contributed by atoms with Gasteiger partial charge in [-0.05, 0) is 24.3 Å². The van der Waals surface area contributed by atoms with Crippen LogP contribution in [0.4, 0.5) is 13.2 Å². The fraction of sp³-hybridized carbons (Fsp3) is 0.143. The summed E-state index contributed by atoms with van der Waals surface area (Å²) in [6.45, 7) is 0. The van der Waals surface area contributed by atoms with Crippen LogP contribution in [-0.4, -0.2) is 18.1 Å². The van der Waals surface area contributed by atoms with Gasteiger partial charge in [0.2, 0.25) is 0 Å². The van der Waals surface area contributed by atoms with Crippen molar-refractivity contribution in [3.05, 3.63) is 52.8 Å². The van der Waals surface area contributed by atoms with Gasteiger partial charge in [0.05, 0.1) is 18.9 Å². The standard InChI is InChI=1S/C14H9ClF3NO3/c1-21-13(20)10-6-12(15)19-7-11(10)22-9-4-2-3-8(5-9)14(16,17)18/h2-7H,1H3. The van der Waals surface area contributed by atoms with E-state index < -0.39 is 17.7 Å². The highest BCUT2D eigenvalue weighted by Crippen LogP contribution is 2.33. The summed E-state index contributed by atoms with van der Waals surface area (Å²) in [6.07, 6.45) is -3.36. The second-order valence-electron chi connectivity index (χ2n) is 4.12. The van der Waals surface area contributed by atoms with Crippen molar-refractivity contribution in [2.24, 2.45) is 0 Å². The number of hydrogen-bond donors (Lipinski definition) is 0. The van der Waals surface area contributed by atoms with Gasteiger partial charge in [-0.1, -0.05) is 17.7 Å². The fourth-order valence-electron chi connectivity index (χ4n) is 1.63. The van der Waals surface area contributed by atoms with Crippen LogP contribution in [0.5, 0.6) is 11.5 Å². The number of rotatable bonds is 3. The van der Waals surface area contributed by atoms with Crippen molar-refractivity contribution in [1.29, 1.82) is 0 Å². The largest absolute Gasteiger partial charge is 0.465 e. The molecular formula is C14H9ClF3NO3. The smallest absolute Gasteiger partial charge is 0.416 e. The van der Waals surface area contributed by atoms with E-state index in [0.717, 1.165) is 25.4 Å². The molecule has 22 heavy (non-hydrogen) atoms. The molecule has 0 N–H and O–H groups in total. The zero-order chi connectivity index (χ0) is 16.3. The van der Waals surface area contributed by atoms with Crippen LogP contribution in [0.1, 0.15) is 15.9 Å². The summed E-state index contributed by atoms with van der Waals surface area (Å²) < 4.78 is 47.9. The summed E-state index contributed by atoms with van der Waals surface area (Å²) in [7, 11) is 1.16. The van der Waals surface area contributed by atoms with E-state index in [2.05, 4.69) is 9.72 Å². The van der Waals surface area contributed by atoms with Gasteiger partial charge in [-0.25, -0.2) is 9.78 Å². The Morgan fingerprint density at radius 1 is 1.27 bits per heavy atom. The molecule has 0 saturated heterocycles. The number of esters is 1. The van der Waals surface area contributed by atoms with Crippen LogP contribution in [-0.2, 0) is 10.9 Å². The van der Waals surface area contributed by atoms with Gasteiger partial charge in [-0.2, -0.15) is 13.2 Å². The molecule has 0 atom stereocenters. The molecule has 116 valence electrons. The average molecular weight is 332 g/mol.